The minimum atomic E-state index is -1.12. The summed E-state index contributed by atoms with van der Waals surface area (Å²) < 4.78 is 34.2. The number of carbonyl (C=O) groups excluding carboxylic acids is 2. The van der Waals surface area contributed by atoms with Crippen LogP contribution in [0.25, 0.3) is 0 Å². The summed E-state index contributed by atoms with van der Waals surface area (Å²) in [6, 6.07) is 17.6. The SMILES string of the molecule is COc1cccc(CN2C(=O)NNC2(CC(C)CN(CCCN)C(=O)c2ccc(C)c(F)c2)c2cccc(F)c2)c1. The van der Waals surface area contributed by atoms with Crippen LogP contribution in [0.2, 0.25) is 0 Å². The molecule has 10 heteroatoms. The average molecular weight is 566 g/mol. The Morgan fingerprint density at radius 1 is 1.12 bits per heavy atom. The minimum absolute atomic E-state index is 0.178. The smallest absolute Gasteiger partial charge is 0.333 e. The number of nitrogens with two attached hydrogens (primary N) is 1. The molecule has 1 saturated heterocycles. The molecule has 0 spiro atoms. The number of nitrogens with one attached hydrogen (secondary N) is 2. The number of rotatable bonds is 12. The lowest BCUT2D eigenvalue weighted by Gasteiger charge is -2.40. The highest BCUT2D eigenvalue weighted by Crippen LogP contribution is 2.37. The van der Waals surface area contributed by atoms with Gasteiger partial charge in [0.25, 0.3) is 5.91 Å². The molecule has 1 fully saturated rings. The molecule has 3 aromatic rings. The van der Waals surface area contributed by atoms with Crippen LogP contribution < -0.4 is 21.3 Å². The van der Waals surface area contributed by atoms with Gasteiger partial charge in [0.05, 0.1) is 7.11 Å². The molecule has 0 saturated carbocycles. The molecule has 1 aliphatic rings. The van der Waals surface area contributed by atoms with Crippen LogP contribution >= 0.6 is 0 Å². The Balaban J connectivity index is 1.65. The number of aryl methyl sites for hydroxylation is 1. The maximum absolute atomic E-state index is 14.5. The van der Waals surface area contributed by atoms with E-state index in [2.05, 4.69) is 10.9 Å². The summed E-state index contributed by atoms with van der Waals surface area (Å²) in [6.45, 7) is 4.92. The Morgan fingerprint density at radius 2 is 1.90 bits per heavy atom. The normalized spacial score (nSPS) is 17.3. The molecule has 3 aromatic carbocycles. The highest BCUT2D eigenvalue weighted by atomic mass is 19.1. The number of hydrogen-bond donors (Lipinski definition) is 3. The largest absolute Gasteiger partial charge is 0.497 e. The molecular formula is C31H37F2N5O3. The first-order valence-corrected chi connectivity index (χ1v) is 13.7. The molecule has 3 amide bonds. The van der Waals surface area contributed by atoms with Crippen molar-refractivity contribution in [1.29, 1.82) is 0 Å². The van der Waals surface area contributed by atoms with Gasteiger partial charge in [-0.3, -0.25) is 15.1 Å². The Bertz CT molecular complexity index is 1390. The number of hydrogen-bond acceptors (Lipinski definition) is 5. The quantitative estimate of drug-likeness (QED) is 0.296. The maximum Gasteiger partial charge on any atom is 0.333 e. The van der Waals surface area contributed by atoms with Crippen LogP contribution in [0.4, 0.5) is 13.6 Å². The van der Waals surface area contributed by atoms with Gasteiger partial charge in [-0.05, 0) is 85.3 Å². The van der Waals surface area contributed by atoms with Crippen molar-refractivity contribution < 1.29 is 23.1 Å². The highest BCUT2D eigenvalue weighted by molar-refractivity contribution is 5.94. The number of amides is 3. The summed E-state index contributed by atoms with van der Waals surface area (Å²) in [5, 5.41) is 0. The maximum atomic E-state index is 14.5. The number of hydrazine groups is 1. The van der Waals surface area contributed by atoms with Crippen molar-refractivity contribution in [2.75, 3.05) is 26.7 Å². The lowest BCUT2D eigenvalue weighted by atomic mass is 9.87. The molecule has 1 heterocycles. The fourth-order valence-corrected chi connectivity index (χ4v) is 5.29. The van der Waals surface area contributed by atoms with Gasteiger partial charge in [0, 0.05) is 25.2 Å². The zero-order valence-corrected chi connectivity index (χ0v) is 23.6. The van der Waals surface area contributed by atoms with Crippen molar-refractivity contribution in [3.8, 4) is 5.75 Å². The van der Waals surface area contributed by atoms with Crippen LogP contribution in [0.15, 0.2) is 66.7 Å². The van der Waals surface area contributed by atoms with Crippen LogP contribution in [-0.2, 0) is 12.2 Å². The second-order valence-corrected chi connectivity index (χ2v) is 10.5. The first-order chi connectivity index (χ1) is 19.7. The van der Waals surface area contributed by atoms with E-state index in [-0.39, 0.29) is 30.0 Å². The van der Waals surface area contributed by atoms with Crippen molar-refractivity contribution in [3.63, 3.8) is 0 Å². The van der Waals surface area contributed by atoms with E-state index in [0.717, 1.165) is 5.56 Å². The van der Waals surface area contributed by atoms with Crippen LogP contribution in [0.3, 0.4) is 0 Å². The number of methoxy groups -OCH3 is 1. The van der Waals surface area contributed by atoms with Gasteiger partial charge in [0.2, 0.25) is 0 Å². The lowest BCUT2D eigenvalue weighted by molar-refractivity contribution is 0.0644. The molecular weight excluding hydrogens is 528 g/mol. The molecule has 0 bridgehead atoms. The van der Waals surface area contributed by atoms with Crippen molar-refractivity contribution in [2.24, 2.45) is 11.7 Å². The van der Waals surface area contributed by atoms with Crippen LogP contribution in [0, 0.1) is 24.5 Å². The standard InChI is InChI=1S/C31H37F2N5O3/c1-21(19-37(14-6-13-34)29(39)24-12-11-22(2)28(33)16-24)18-31(25-8-5-9-26(32)17-25)36-35-30(40)38(31)20-23-7-4-10-27(15-23)41-3/h4-5,7-12,15-17,21,36H,6,13-14,18-20,34H2,1-3H3,(H,35,40). The van der Waals surface area contributed by atoms with Gasteiger partial charge in [-0.2, -0.15) is 0 Å². The van der Waals surface area contributed by atoms with Crippen LogP contribution in [-0.4, -0.2) is 48.5 Å². The average Bonchev–Trinajstić information content (AvgIpc) is 3.27. The topological polar surface area (TPSA) is 99.9 Å². The van der Waals surface area contributed by atoms with E-state index in [1.165, 1.54) is 18.2 Å². The van der Waals surface area contributed by atoms with Crippen LogP contribution in [0.5, 0.6) is 5.75 Å². The van der Waals surface area contributed by atoms with Gasteiger partial charge in [-0.1, -0.05) is 37.3 Å². The van der Waals surface area contributed by atoms with E-state index in [9.17, 15) is 18.4 Å². The zero-order valence-electron chi connectivity index (χ0n) is 23.6. The summed E-state index contributed by atoms with van der Waals surface area (Å²) in [7, 11) is 1.57. The van der Waals surface area contributed by atoms with Gasteiger partial charge in [-0.15, -0.1) is 0 Å². The Labute approximate surface area is 239 Å². The minimum Gasteiger partial charge on any atom is -0.497 e. The number of benzene rings is 3. The summed E-state index contributed by atoms with van der Waals surface area (Å²) in [5.41, 5.74) is 12.6. The number of halogens is 2. The molecule has 4 N–H and O–H groups in total. The fourth-order valence-electron chi connectivity index (χ4n) is 5.29. The zero-order chi connectivity index (χ0) is 29.6. The Morgan fingerprint density at radius 3 is 2.61 bits per heavy atom. The third kappa shape index (κ3) is 6.83. The molecule has 8 nitrogen and oxygen atoms in total. The number of ether oxygens (including phenoxy) is 1. The highest BCUT2D eigenvalue weighted by Gasteiger charge is 2.48. The van der Waals surface area contributed by atoms with Crippen molar-refractivity contribution in [3.05, 3.63) is 101 Å². The van der Waals surface area contributed by atoms with Gasteiger partial charge in [0.15, 0.2) is 0 Å². The molecule has 41 heavy (non-hydrogen) atoms. The second-order valence-electron chi connectivity index (χ2n) is 10.5. The number of urea groups is 1. The monoisotopic (exact) mass is 565 g/mol. The molecule has 218 valence electrons. The Hall–Kier alpha value is -4.02. The first kappa shape index (κ1) is 30.0. The summed E-state index contributed by atoms with van der Waals surface area (Å²) in [5.74, 6) is -0.700. The van der Waals surface area contributed by atoms with E-state index >= 15 is 0 Å². The van der Waals surface area contributed by atoms with Gasteiger partial charge in [0.1, 0.15) is 23.0 Å². The predicted octanol–water partition coefficient (Wildman–Crippen LogP) is 4.68. The lowest BCUT2D eigenvalue weighted by Crippen LogP contribution is -2.51. The van der Waals surface area contributed by atoms with Crippen LogP contribution in [0.1, 0.15) is 46.8 Å². The second kappa shape index (κ2) is 13.1. The molecule has 0 aliphatic carbocycles. The van der Waals surface area contributed by atoms with Gasteiger partial charge < -0.3 is 15.4 Å². The van der Waals surface area contributed by atoms with Gasteiger partial charge in [-0.25, -0.2) is 19.0 Å². The summed E-state index contributed by atoms with van der Waals surface area (Å²) in [6.07, 6.45) is 0.913. The summed E-state index contributed by atoms with van der Waals surface area (Å²) >= 11 is 0. The Kier molecular flexibility index (Phi) is 9.57. The van der Waals surface area contributed by atoms with E-state index < -0.39 is 17.3 Å². The number of carbonyl (C=O) groups is 2. The predicted molar refractivity (Wildman–Crippen MR) is 153 cm³/mol. The molecule has 0 aromatic heterocycles. The first-order valence-electron chi connectivity index (χ1n) is 13.7. The van der Waals surface area contributed by atoms with Crippen molar-refractivity contribution in [2.45, 2.75) is 38.9 Å². The molecule has 2 unspecified atom stereocenters. The van der Waals surface area contributed by atoms with Crippen molar-refractivity contribution >= 4 is 11.9 Å². The van der Waals surface area contributed by atoms with E-state index in [1.54, 1.807) is 48.1 Å². The van der Waals surface area contributed by atoms with Crippen molar-refractivity contribution in [1.82, 2.24) is 20.7 Å². The molecule has 1 aliphatic heterocycles. The summed E-state index contributed by atoms with van der Waals surface area (Å²) in [4.78, 5) is 30.0. The third-order valence-electron chi connectivity index (χ3n) is 7.37. The fraction of sp³-hybridized carbons (Fsp3) is 0.355. The molecule has 0 radical (unpaired) electrons. The van der Waals surface area contributed by atoms with Gasteiger partial charge >= 0.3 is 6.03 Å². The molecule has 4 rings (SSSR count). The molecule has 2 atom stereocenters. The van der Waals surface area contributed by atoms with E-state index in [1.807, 2.05) is 31.2 Å². The third-order valence-corrected chi connectivity index (χ3v) is 7.37. The van der Waals surface area contributed by atoms with E-state index in [0.29, 0.717) is 49.4 Å². The van der Waals surface area contributed by atoms with E-state index in [4.69, 9.17) is 10.5 Å². The number of nitrogens with zero attached hydrogens (tertiary/aromatic N) is 2.